The monoisotopic (exact) mass is 320 g/mol. The van der Waals surface area contributed by atoms with Gasteiger partial charge in [0.25, 0.3) is 5.91 Å². The molecule has 1 aliphatic heterocycles. The number of benzene rings is 2. The van der Waals surface area contributed by atoms with Crippen LogP contribution in [0.5, 0.6) is 0 Å². The van der Waals surface area contributed by atoms with Crippen LogP contribution in [-0.4, -0.2) is 16.9 Å². The number of rotatable bonds is 2. The van der Waals surface area contributed by atoms with Crippen molar-refractivity contribution in [2.75, 3.05) is 4.90 Å². The van der Waals surface area contributed by atoms with Crippen LogP contribution in [0.1, 0.15) is 23.0 Å². The maximum absolute atomic E-state index is 13.1. The summed E-state index contributed by atoms with van der Waals surface area (Å²) < 4.78 is 0. The summed E-state index contributed by atoms with van der Waals surface area (Å²) in [5, 5.41) is 0. The molecule has 0 bridgehead atoms. The summed E-state index contributed by atoms with van der Waals surface area (Å²) in [5.74, 6) is -0.0115. The van der Waals surface area contributed by atoms with Crippen LogP contribution in [0.25, 0.3) is 10.4 Å². The Morgan fingerprint density at radius 3 is 2.70 bits per heavy atom. The van der Waals surface area contributed by atoms with Gasteiger partial charge in [0.2, 0.25) is 0 Å². The molecule has 1 aliphatic rings. The van der Waals surface area contributed by atoms with Gasteiger partial charge in [-0.1, -0.05) is 48.5 Å². The molecule has 0 radical (unpaired) electrons. The average molecular weight is 320 g/mol. The Hall–Kier alpha value is -2.46. The fraction of sp³-hybridized carbons (Fsp3) is 0.158. The fourth-order valence-corrected chi connectivity index (χ4v) is 3.97. The molecular weight excluding hydrogens is 304 g/mol. The summed E-state index contributed by atoms with van der Waals surface area (Å²) in [6, 6.07) is 18.3. The van der Waals surface area contributed by atoms with Crippen molar-refractivity contribution in [1.82, 2.24) is 4.98 Å². The molecule has 4 rings (SSSR count). The highest BCUT2D eigenvalue weighted by Gasteiger charge is 2.33. The van der Waals surface area contributed by atoms with Gasteiger partial charge in [0.15, 0.2) is 0 Å². The molecule has 0 saturated heterocycles. The Morgan fingerprint density at radius 2 is 1.87 bits per heavy atom. The van der Waals surface area contributed by atoms with Crippen LogP contribution in [0.4, 0.5) is 5.69 Å². The minimum absolute atomic E-state index is 0.0115. The van der Waals surface area contributed by atoms with Crippen molar-refractivity contribution >= 4 is 22.9 Å². The van der Waals surface area contributed by atoms with E-state index in [9.17, 15) is 4.79 Å². The molecule has 2 heterocycles. The van der Waals surface area contributed by atoms with Crippen LogP contribution < -0.4 is 4.90 Å². The molecule has 23 heavy (non-hydrogen) atoms. The topological polar surface area (TPSA) is 33.2 Å². The fourth-order valence-electron chi connectivity index (χ4n) is 3.18. The molecule has 1 aromatic heterocycles. The van der Waals surface area contributed by atoms with E-state index >= 15 is 0 Å². The van der Waals surface area contributed by atoms with Gasteiger partial charge in [0.05, 0.1) is 10.4 Å². The molecule has 3 aromatic rings. The summed E-state index contributed by atoms with van der Waals surface area (Å²) in [7, 11) is 0. The number of amides is 1. The van der Waals surface area contributed by atoms with E-state index in [1.807, 2.05) is 53.4 Å². The molecule has 0 aliphatic carbocycles. The van der Waals surface area contributed by atoms with Crippen molar-refractivity contribution in [3.05, 3.63) is 71.4 Å². The quantitative estimate of drug-likeness (QED) is 0.701. The Labute approximate surface area is 139 Å². The first-order chi connectivity index (χ1) is 11.3. The molecule has 0 saturated carbocycles. The third-order valence-electron chi connectivity index (χ3n) is 4.23. The summed E-state index contributed by atoms with van der Waals surface area (Å²) in [6.07, 6.45) is 0.896. The summed E-state index contributed by atoms with van der Waals surface area (Å²) in [5.41, 5.74) is 5.58. The first-order valence-corrected chi connectivity index (χ1v) is 8.54. The van der Waals surface area contributed by atoms with E-state index in [1.54, 1.807) is 5.51 Å². The number of anilines is 1. The molecule has 0 N–H and O–H groups in total. The van der Waals surface area contributed by atoms with Crippen molar-refractivity contribution in [2.24, 2.45) is 0 Å². The van der Waals surface area contributed by atoms with Crippen molar-refractivity contribution in [3.63, 3.8) is 0 Å². The Kier molecular flexibility index (Phi) is 3.46. The van der Waals surface area contributed by atoms with E-state index in [-0.39, 0.29) is 11.9 Å². The third kappa shape index (κ3) is 2.35. The highest BCUT2D eigenvalue weighted by molar-refractivity contribution is 7.13. The molecular formula is C19H16N2OS. The van der Waals surface area contributed by atoms with Gasteiger partial charge in [-0.3, -0.25) is 4.79 Å². The van der Waals surface area contributed by atoms with E-state index in [0.29, 0.717) is 5.69 Å². The van der Waals surface area contributed by atoms with E-state index in [0.717, 1.165) is 22.5 Å². The van der Waals surface area contributed by atoms with Gasteiger partial charge in [-0.05, 0) is 30.5 Å². The van der Waals surface area contributed by atoms with E-state index in [2.05, 4.69) is 18.0 Å². The van der Waals surface area contributed by atoms with Crippen molar-refractivity contribution in [1.29, 1.82) is 0 Å². The van der Waals surface area contributed by atoms with Gasteiger partial charge in [0, 0.05) is 11.7 Å². The lowest BCUT2D eigenvalue weighted by Crippen LogP contribution is -2.36. The molecule has 4 heteroatoms. The van der Waals surface area contributed by atoms with Crippen molar-refractivity contribution in [2.45, 2.75) is 19.4 Å². The predicted molar refractivity (Wildman–Crippen MR) is 94.0 cm³/mol. The number of aromatic nitrogens is 1. The second-order valence-corrected chi connectivity index (χ2v) is 6.61. The summed E-state index contributed by atoms with van der Waals surface area (Å²) in [4.78, 5) is 20.3. The number of para-hydroxylation sites is 1. The lowest BCUT2D eigenvalue weighted by molar-refractivity contribution is 0.0978. The second-order valence-electron chi connectivity index (χ2n) is 5.75. The number of nitrogens with zero attached hydrogens (tertiary/aromatic N) is 2. The van der Waals surface area contributed by atoms with Gasteiger partial charge >= 0.3 is 0 Å². The minimum Gasteiger partial charge on any atom is -0.304 e. The van der Waals surface area contributed by atoms with Crippen LogP contribution in [0, 0.1) is 0 Å². The van der Waals surface area contributed by atoms with Crippen molar-refractivity contribution in [3.8, 4) is 10.4 Å². The maximum Gasteiger partial charge on any atom is 0.278 e. The molecule has 114 valence electrons. The predicted octanol–water partition coefficient (Wildman–Crippen LogP) is 4.40. The molecule has 2 aromatic carbocycles. The van der Waals surface area contributed by atoms with Gasteiger partial charge < -0.3 is 4.90 Å². The molecule has 1 unspecified atom stereocenters. The molecule has 0 spiro atoms. The average Bonchev–Trinajstić information content (AvgIpc) is 3.18. The first kappa shape index (κ1) is 14.2. The minimum atomic E-state index is -0.0115. The highest BCUT2D eigenvalue weighted by Crippen LogP contribution is 2.35. The van der Waals surface area contributed by atoms with Crippen LogP contribution >= 0.6 is 11.3 Å². The van der Waals surface area contributed by atoms with E-state index < -0.39 is 0 Å². The lowest BCUT2D eigenvalue weighted by atomic mass is 10.1. The zero-order valence-corrected chi connectivity index (χ0v) is 13.6. The molecule has 1 amide bonds. The van der Waals surface area contributed by atoms with E-state index in [1.165, 1.54) is 16.9 Å². The number of thiazole rings is 1. The SMILES string of the molecule is CC1Cc2ccccc2N1C(=O)c1ncsc1-c1ccccc1. The normalized spacial score (nSPS) is 16.4. The van der Waals surface area contributed by atoms with Crippen LogP contribution in [-0.2, 0) is 6.42 Å². The number of fused-ring (bicyclic) bond motifs is 1. The second kappa shape index (κ2) is 5.63. The van der Waals surface area contributed by atoms with Gasteiger partial charge in [0.1, 0.15) is 5.69 Å². The van der Waals surface area contributed by atoms with Gasteiger partial charge in [-0.25, -0.2) is 4.98 Å². The molecule has 3 nitrogen and oxygen atoms in total. The Bertz CT molecular complexity index is 857. The van der Waals surface area contributed by atoms with Gasteiger partial charge in [-0.15, -0.1) is 11.3 Å². The van der Waals surface area contributed by atoms with Crippen molar-refractivity contribution < 1.29 is 4.79 Å². The number of carbonyl (C=O) groups is 1. The summed E-state index contributed by atoms with van der Waals surface area (Å²) >= 11 is 1.51. The third-order valence-corrected chi connectivity index (χ3v) is 5.11. The Balaban J connectivity index is 1.76. The number of hydrogen-bond donors (Lipinski definition) is 0. The van der Waals surface area contributed by atoms with Gasteiger partial charge in [-0.2, -0.15) is 0 Å². The zero-order chi connectivity index (χ0) is 15.8. The smallest absolute Gasteiger partial charge is 0.278 e. The first-order valence-electron chi connectivity index (χ1n) is 7.66. The highest BCUT2D eigenvalue weighted by atomic mass is 32.1. The summed E-state index contributed by atoms with van der Waals surface area (Å²) in [6.45, 7) is 2.09. The standard InChI is InChI=1S/C19H16N2OS/c1-13-11-15-9-5-6-10-16(15)21(13)19(22)17-18(23-12-20-17)14-7-3-2-4-8-14/h2-10,12-13H,11H2,1H3. The van der Waals surface area contributed by atoms with Crippen LogP contribution in [0.3, 0.4) is 0 Å². The number of carbonyl (C=O) groups excluding carboxylic acids is 1. The lowest BCUT2D eigenvalue weighted by Gasteiger charge is -2.22. The zero-order valence-electron chi connectivity index (χ0n) is 12.8. The Morgan fingerprint density at radius 1 is 1.13 bits per heavy atom. The van der Waals surface area contributed by atoms with Crippen LogP contribution in [0.15, 0.2) is 60.1 Å². The molecule has 1 atom stereocenters. The number of hydrogen-bond acceptors (Lipinski definition) is 3. The largest absolute Gasteiger partial charge is 0.304 e. The van der Waals surface area contributed by atoms with Crippen LogP contribution in [0.2, 0.25) is 0 Å². The maximum atomic E-state index is 13.1. The van der Waals surface area contributed by atoms with E-state index in [4.69, 9.17) is 0 Å². The molecule has 0 fully saturated rings.